The Bertz CT molecular complexity index is 263. The Kier molecular flexibility index (Phi) is 2.35. The highest BCUT2D eigenvalue weighted by Gasteiger charge is 2.34. The molecule has 0 aliphatic carbocycles. The summed E-state index contributed by atoms with van der Waals surface area (Å²) >= 11 is 1.81. The first kappa shape index (κ1) is 8.84. The van der Waals surface area contributed by atoms with E-state index < -0.39 is 9.84 Å². The monoisotopic (exact) mass is 207 g/mol. The SMILES string of the molecule is O=S1(=O)CCC2NCCSC2C1. The molecule has 0 spiro atoms. The van der Waals surface area contributed by atoms with Gasteiger partial charge in [-0.1, -0.05) is 0 Å². The number of fused-ring (bicyclic) bond motifs is 1. The largest absolute Gasteiger partial charge is 0.312 e. The molecule has 70 valence electrons. The first-order valence-corrected chi connectivity index (χ1v) is 7.10. The molecule has 0 bridgehead atoms. The van der Waals surface area contributed by atoms with E-state index >= 15 is 0 Å². The molecular formula is C7H13NO2S2. The maximum absolute atomic E-state index is 11.3. The second-order valence-electron chi connectivity index (χ2n) is 3.37. The van der Waals surface area contributed by atoms with Crippen LogP contribution in [0.5, 0.6) is 0 Å². The molecule has 2 atom stereocenters. The highest BCUT2D eigenvalue weighted by atomic mass is 32.2. The van der Waals surface area contributed by atoms with Gasteiger partial charge in [-0.05, 0) is 6.42 Å². The van der Waals surface area contributed by atoms with Crippen LogP contribution in [-0.2, 0) is 9.84 Å². The number of rotatable bonds is 0. The molecule has 2 fully saturated rings. The van der Waals surface area contributed by atoms with Crippen LogP contribution in [-0.4, -0.2) is 43.5 Å². The molecule has 2 unspecified atom stereocenters. The molecule has 0 aromatic carbocycles. The third kappa shape index (κ3) is 1.78. The summed E-state index contributed by atoms with van der Waals surface area (Å²) in [5, 5.41) is 3.69. The van der Waals surface area contributed by atoms with Gasteiger partial charge in [0.25, 0.3) is 0 Å². The van der Waals surface area contributed by atoms with Gasteiger partial charge < -0.3 is 5.32 Å². The number of sulfone groups is 1. The van der Waals surface area contributed by atoms with Gasteiger partial charge in [0.2, 0.25) is 0 Å². The second-order valence-corrected chi connectivity index (χ2v) is 6.95. The molecule has 3 nitrogen and oxygen atoms in total. The lowest BCUT2D eigenvalue weighted by Crippen LogP contribution is -2.51. The first-order valence-electron chi connectivity index (χ1n) is 4.23. The minimum Gasteiger partial charge on any atom is -0.312 e. The summed E-state index contributed by atoms with van der Waals surface area (Å²) < 4.78 is 22.5. The zero-order valence-corrected chi connectivity index (χ0v) is 8.46. The molecule has 0 aromatic rings. The lowest BCUT2D eigenvalue weighted by atomic mass is 10.1. The van der Waals surface area contributed by atoms with Crippen molar-refractivity contribution in [2.75, 3.05) is 23.8 Å². The molecule has 12 heavy (non-hydrogen) atoms. The Morgan fingerprint density at radius 1 is 1.42 bits per heavy atom. The fourth-order valence-corrected chi connectivity index (χ4v) is 5.32. The van der Waals surface area contributed by atoms with Crippen molar-refractivity contribution in [1.82, 2.24) is 5.32 Å². The van der Waals surface area contributed by atoms with Crippen LogP contribution in [0.2, 0.25) is 0 Å². The minimum absolute atomic E-state index is 0.317. The van der Waals surface area contributed by atoms with E-state index in [0.717, 1.165) is 18.7 Å². The first-order chi connectivity index (χ1) is 5.67. The lowest BCUT2D eigenvalue weighted by molar-refractivity contribution is 0.474. The van der Waals surface area contributed by atoms with Gasteiger partial charge in [-0.3, -0.25) is 0 Å². The Balaban J connectivity index is 2.08. The van der Waals surface area contributed by atoms with Crippen LogP contribution in [0.25, 0.3) is 0 Å². The van der Waals surface area contributed by atoms with E-state index in [2.05, 4.69) is 5.32 Å². The molecule has 0 amide bonds. The molecule has 1 N–H and O–H groups in total. The molecule has 5 heteroatoms. The van der Waals surface area contributed by atoms with E-state index in [1.54, 1.807) is 0 Å². The number of thioether (sulfide) groups is 1. The molecule has 0 saturated carbocycles. The van der Waals surface area contributed by atoms with Crippen molar-refractivity contribution in [3.63, 3.8) is 0 Å². The molecule has 0 aromatic heterocycles. The van der Waals surface area contributed by atoms with E-state index in [1.165, 1.54) is 0 Å². The third-order valence-electron chi connectivity index (χ3n) is 2.45. The minimum atomic E-state index is -2.71. The van der Waals surface area contributed by atoms with Crippen molar-refractivity contribution in [3.05, 3.63) is 0 Å². The summed E-state index contributed by atoms with van der Waals surface area (Å²) in [5.74, 6) is 1.81. The van der Waals surface area contributed by atoms with Gasteiger partial charge >= 0.3 is 0 Å². The fourth-order valence-electron chi connectivity index (χ4n) is 1.79. The summed E-state index contributed by atoms with van der Waals surface area (Å²) in [4.78, 5) is 0. The van der Waals surface area contributed by atoms with Crippen molar-refractivity contribution < 1.29 is 8.42 Å². The van der Waals surface area contributed by atoms with Crippen LogP contribution < -0.4 is 5.32 Å². The molecule has 2 aliphatic heterocycles. The number of hydrogen-bond acceptors (Lipinski definition) is 4. The topological polar surface area (TPSA) is 46.2 Å². The van der Waals surface area contributed by atoms with Crippen LogP contribution in [0.4, 0.5) is 0 Å². The maximum Gasteiger partial charge on any atom is 0.151 e. The average molecular weight is 207 g/mol. The Hall–Kier alpha value is 0.260. The standard InChI is InChI=1S/C7H13NO2S2/c9-12(10)4-1-6-7(5-12)11-3-2-8-6/h6-8H,1-5H2. The third-order valence-corrected chi connectivity index (χ3v) is 5.75. The van der Waals surface area contributed by atoms with Gasteiger partial charge in [-0.25, -0.2) is 8.42 Å². The van der Waals surface area contributed by atoms with Gasteiger partial charge in [0.1, 0.15) is 0 Å². The quantitative estimate of drug-likeness (QED) is 0.601. The smallest absolute Gasteiger partial charge is 0.151 e. The van der Waals surface area contributed by atoms with Crippen molar-refractivity contribution in [1.29, 1.82) is 0 Å². The highest BCUT2D eigenvalue weighted by Crippen LogP contribution is 2.26. The normalized spacial score (nSPS) is 40.3. The maximum atomic E-state index is 11.3. The zero-order chi connectivity index (χ0) is 8.60. The van der Waals surface area contributed by atoms with Gasteiger partial charge in [0, 0.05) is 23.6 Å². The fraction of sp³-hybridized carbons (Fsp3) is 1.00. The van der Waals surface area contributed by atoms with Gasteiger partial charge in [-0.15, -0.1) is 0 Å². The highest BCUT2D eigenvalue weighted by molar-refractivity contribution is 8.01. The summed E-state index contributed by atoms with van der Waals surface area (Å²) in [5.41, 5.74) is 0. The van der Waals surface area contributed by atoms with E-state index in [0.29, 0.717) is 22.8 Å². The van der Waals surface area contributed by atoms with E-state index in [9.17, 15) is 8.42 Å². The van der Waals surface area contributed by atoms with Crippen molar-refractivity contribution in [2.45, 2.75) is 17.7 Å². The number of nitrogens with one attached hydrogen (secondary N) is 1. The Morgan fingerprint density at radius 2 is 2.25 bits per heavy atom. The van der Waals surface area contributed by atoms with Crippen LogP contribution >= 0.6 is 11.8 Å². The molecule has 2 rings (SSSR count). The average Bonchev–Trinajstić information content (AvgIpc) is 2.02. The van der Waals surface area contributed by atoms with Crippen LogP contribution in [0.3, 0.4) is 0 Å². The Labute approximate surface area is 77.2 Å². The van der Waals surface area contributed by atoms with Gasteiger partial charge in [0.15, 0.2) is 9.84 Å². The van der Waals surface area contributed by atoms with E-state index in [-0.39, 0.29) is 0 Å². The predicted molar refractivity (Wildman–Crippen MR) is 51.3 cm³/mol. The summed E-state index contributed by atoms with van der Waals surface area (Å²) in [6.07, 6.45) is 0.806. The van der Waals surface area contributed by atoms with Crippen LogP contribution in [0.15, 0.2) is 0 Å². The van der Waals surface area contributed by atoms with Crippen molar-refractivity contribution >= 4 is 21.6 Å². The number of hydrogen-bond donors (Lipinski definition) is 1. The Morgan fingerprint density at radius 3 is 3.08 bits per heavy atom. The molecule has 2 saturated heterocycles. The van der Waals surface area contributed by atoms with Crippen LogP contribution in [0, 0.1) is 0 Å². The van der Waals surface area contributed by atoms with Gasteiger partial charge in [0.05, 0.1) is 11.5 Å². The second kappa shape index (κ2) is 3.20. The molecule has 2 heterocycles. The summed E-state index contributed by atoms with van der Waals surface area (Å²) in [6.45, 7) is 1.03. The van der Waals surface area contributed by atoms with Crippen molar-refractivity contribution in [3.8, 4) is 0 Å². The lowest BCUT2D eigenvalue weighted by Gasteiger charge is -2.35. The van der Waals surface area contributed by atoms with Crippen LogP contribution in [0.1, 0.15) is 6.42 Å². The van der Waals surface area contributed by atoms with Crippen molar-refractivity contribution in [2.24, 2.45) is 0 Å². The molecule has 2 aliphatic rings. The zero-order valence-electron chi connectivity index (χ0n) is 6.82. The van der Waals surface area contributed by atoms with Gasteiger partial charge in [-0.2, -0.15) is 11.8 Å². The summed E-state index contributed by atoms with van der Waals surface area (Å²) in [6, 6.07) is 0.451. The van der Waals surface area contributed by atoms with E-state index in [4.69, 9.17) is 0 Å². The van der Waals surface area contributed by atoms with E-state index in [1.807, 2.05) is 11.8 Å². The molecular weight excluding hydrogens is 194 g/mol. The predicted octanol–water partition coefficient (Wildman–Crippen LogP) is -0.121. The summed E-state index contributed by atoms with van der Waals surface area (Å²) in [7, 11) is -2.71. The molecule has 0 radical (unpaired) electrons.